The van der Waals surface area contributed by atoms with Crippen LogP contribution in [0.3, 0.4) is 0 Å². The fraction of sp³-hybridized carbons (Fsp3) is 0.424. The summed E-state index contributed by atoms with van der Waals surface area (Å²) in [6.07, 6.45) is -0.138. The number of ether oxygens (including phenoxy) is 3. The summed E-state index contributed by atoms with van der Waals surface area (Å²) in [5.41, 5.74) is -1.31. The van der Waals surface area contributed by atoms with Crippen molar-refractivity contribution in [2.24, 2.45) is 5.92 Å². The van der Waals surface area contributed by atoms with E-state index in [1.165, 1.54) is 30.5 Å². The van der Waals surface area contributed by atoms with Gasteiger partial charge in [-0.05, 0) is 37.3 Å². The van der Waals surface area contributed by atoms with Gasteiger partial charge < -0.3 is 19.1 Å². The van der Waals surface area contributed by atoms with E-state index in [-0.39, 0.29) is 84.3 Å². The Morgan fingerprint density at radius 2 is 2.00 bits per heavy atom. The normalized spacial score (nSPS) is 26.6. The van der Waals surface area contributed by atoms with E-state index in [0.29, 0.717) is 18.4 Å². The summed E-state index contributed by atoms with van der Waals surface area (Å²) in [4.78, 5) is 17.0. The van der Waals surface area contributed by atoms with Crippen LogP contribution < -0.4 is 14.4 Å². The van der Waals surface area contributed by atoms with E-state index in [9.17, 15) is 22.0 Å². The number of rotatable bonds is 7. The van der Waals surface area contributed by atoms with Crippen LogP contribution in [0.15, 0.2) is 48.2 Å². The molecule has 4 atom stereocenters. The van der Waals surface area contributed by atoms with Crippen molar-refractivity contribution in [1.82, 2.24) is 19.9 Å². The molecule has 0 radical (unpaired) electrons. The number of fused-ring (bicyclic) bond motifs is 4. The number of hydrogen-bond acceptors (Lipinski definition) is 8. The molecule has 0 N–H and O–H groups in total. The lowest BCUT2D eigenvalue weighted by atomic mass is 9.94. The highest BCUT2D eigenvalue weighted by atomic mass is 19.3. The van der Waals surface area contributed by atoms with Gasteiger partial charge in [-0.1, -0.05) is 24.3 Å². The van der Waals surface area contributed by atoms with Gasteiger partial charge in [0.15, 0.2) is 17.4 Å². The van der Waals surface area contributed by atoms with Crippen molar-refractivity contribution in [1.29, 1.82) is 0 Å². The lowest BCUT2D eigenvalue weighted by Crippen LogP contribution is -2.43. The Morgan fingerprint density at radius 1 is 1.13 bits per heavy atom. The van der Waals surface area contributed by atoms with Crippen molar-refractivity contribution in [2.45, 2.75) is 37.0 Å². The largest absolute Gasteiger partial charge is 0.461 e. The van der Waals surface area contributed by atoms with Crippen LogP contribution in [0.5, 0.6) is 11.8 Å². The third-order valence-corrected chi connectivity index (χ3v) is 9.84. The smallest absolute Gasteiger partial charge is 0.319 e. The summed E-state index contributed by atoms with van der Waals surface area (Å²) >= 11 is 0. The Morgan fingerprint density at radius 3 is 2.83 bits per heavy atom. The first kappa shape index (κ1) is 27.9. The number of anilines is 1. The van der Waals surface area contributed by atoms with Gasteiger partial charge in [0, 0.05) is 41.7 Å². The molecule has 8 rings (SSSR count). The highest BCUT2D eigenvalue weighted by molar-refractivity contribution is 6.02. The first-order valence-electron chi connectivity index (χ1n) is 16.3. The van der Waals surface area contributed by atoms with Crippen LogP contribution in [-0.2, 0) is 4.74 Å². The van der Waals surface area contributed by atoms with E-state index in [1.807, 2.05) is 4.90 Å². The van der Waals surface area contributed by atoms with Crippen LogP contribution in [0.25, 0.3) is 32.9 Å². The van der Waals surface area contributed by atoms with Crippen molar-refractivity contribution in [3.63, 3.8) is 0 Å². The molecule has 1 saturated carbocycles. The van der Waals surface area contributed by atoms with Gasteiger partial charge in [-0.25, -0.2) is 17.6 Å². The number of aromatic nitrogens is 3. The molecular formula is C33H29F6N5O3. The van der Waals surface area contributed by atoms with Gasteiger partial charge in [0.2, 0.25) is 6.81 Å². The van der Waals surface area contributed by atoms with Gasteiger partial charge >= 0.3 is 6.01 Å². The van der Waals surface area contributed by atoms with Gasteiger partial charge in [0.1, 0.15) is 32.5 Å². The molecule has 0 spiro atoms. The summed E-state index contributed by atoms with van der Waals surface area (Å²) in [5, 5.41) is 0.291. The SMILES string of the molecule is [2H]C([2H])(F)Oc1c(F)ccc2cccc(-c3ncc4c(N5CCOC[C@H]6[C@H](F)[C@H]65)nc(OC[C@@]56CCCN5CC(=C(F)F)C6)nc4c3F)c12. The molecule has 0 bridgehead atoms. The zero-order valence-corrected chi connectivity index (χ0v) is 24.8. The molecule has 2 aromatic carbocycles. The van der Waals surface area contributed by atoms with Crippen LogP contribution in [0.1, 0.15) is 22.0 Å². The zero-order valence-electron chi connectivity index (χ0n) is 26.8. The van der Waals surface area contributed by atoms with E-state index in [0.717, 1.165) is 12.5 Å². The van der Waals surface area contributed by atoms with Gasteiger partial charge in [-0.15, -0.1) is 0 Å². The van der Waals surface area contributed by atoms with Crippen molar-refractivity contribution in [2.75, 3.05) is 51.2 Å². The number of halogens is 6. The molecule has 4 aromatic rings. The van der Waals surface area contributed by atoms with Crippen LogP contribution in [0, 0.1) is 17.6 Å². The van der Waals surface area contributed by atoms with Crippen LogP contribution >= 0.6 is 0 Å². The number of alkyl halides is 2. The average Bonchev–Trinajstić information content (AvgIpc) is 3.40. The monoisotopic (exact) mass is 659 g/mol. The summed E-state index contributed by atoms with van der Waals surface area (Å²) in [5.74, 6) is -3.11. The molecule has 47 heavy (non-hydrogen) atoms. The van der Waals surface area contributed by atoms with Crippen molar-refractivity contribution in [3.05, 3.63) is 59.8 Å². The van der Waals surface area contributed by atoms with E-state index in [2.05, 4.69) is 15.0 Å². The second-order valence-corrected chi connectivity index (χ2v) is 12.4. The molecular weight excluding hydrogens is 628 g/mol. The number of benzene rings is 2. The molecule has 3 saturated heterocycles. The van der Waals surface area contributed by atoms with E-state index >= 15 is 4.39 Å². The van der Waals surface area contributed by atoms with Crippen LogP contribution in [0.2, 0.25) is 0 Å². The molecule has 4 fully saturated rings. The minimum atomic E-state index is -3.75. The van der Waals surface area contributed by atoms with Gasteiger partial charge in [0.05, 0.1) is 30.2 Å². The highest BCUT2D eigenvalue weighted by Crippen LogP contribution is 2.46. The second-order valence-electron chi connectivity index (χ2n) is 12.4. The van der Waals surface area contributed by atoms with E-state index < -0.39 is 53.9 Å². The predicted octanol–water partition coefficient (Wildman–Crippen LogP) is 6.37. The van der Waals surface area contributed by atoms with E-state index in [4.69, 9.17) is 17.0 Å². The lowest BCUT2D eigenvalue weighted by molar-refractivity contribution is 0.108. The van der Waals surface area contributed by atoms with Gasteiger partial charge in [-0.3, -0.25) is 9.88 Å². The minimum absolute atomic E-state index is 0.0356. The Kier molecular flexibility index (Phi) is 6.83. The molecule has 2 aromatic heterocycles. The minimum Gasteiger partial charge on any atom is -0.461 e. The Bertz CT molecular complexity index is 2010. The number of nitrogens with zero attached hydrogens (tertiary/aromatic N) is 5. The quantitative estimate of drug-likeness (QED) is 0.212. The lowest BCUT2D eigenvalue weighted by Gasteiger charge is -2.31. The first-order valence-corrected chi connectivity index (χ1v) is 15.3. The standard InChI is InChI=1S/C33H29F6N5O3/c34-16-47-29-22(35)6-5-17-3-1-4-19(23(17)29)26-25(37)27-20(12-40-26)31(44-9-10-45-14-21-24(36)28(21)44)42-32(41-27)46-15-33-7-2-8-43(33)13-18(11-33)30(38)39/h1,3-6,12,21,24,28H,2,7-11,13-16H2/t21-,24-,28-,33-/m0/s1/i16D2. The van der Waals surface area contributed by atoms with Gasteiger partial charge in [-0.2, -0.15) is 18.7 Å². The number of pyridine rings is 1. The van der Waals surface area contributed by atoms with Crippen molar-refractivity contribution < 1.29 is 43.3 Å². The molecule has 5 heterocycles. The summed E-state index contributed by atoms with van der Waals surface area (Å²) in [6, 6.07) is 5.96. The fourth-order valence-corrected chi connectivity index (χ4v) is 7.50. The van der Waals surface area contributed by atoms with Crippen molar-refractivity contribution in [3.8, 4) is 23.0 Å². The zero-order chi connectivity index (χ0) is 34.2. The second kappa shape index (κ2) is 11.5. The topological polar surface area (TPSA) is 72.8 Å². The van der Waals surface area contributed by atoms with E-state index in [1.54, 1.807) is 4.90 Å². The molecule has 4 aliphatic rings. The van der Waals surface area contributed by atoms with Gasteiger partial charge in [0.25, 0.3) is 6.08 Å². The molecule has 246 valence electrons. The summed E-state index contributed by atoms with van der Waals surface area (Å²) in [7, 11) is 0. The third-order valence-electron chi connectivity index (χ3n) is 9.84. The molecule has 8 nitrogen and oxygen atoms in total. The maximum Gasteiger partial charge on any atom is 0.319 e. The molecule has 0 amide bonds. The predicted molar refractivity (Wildman–Crippen MR) is 160 cm³/mol. The maximum atomic E-state index is 16.8. The summed E-state index contributed by atoms with van der Waals surface area (Å²) in [6.45, 7) is -2.37. The number of hydrogen-bond donors (Lipinski definition) is 0. The summed E-state index contributed by atoms with van der Waals surface area (Å²) < 4.78 is 119. The molecule has 0 unspecified atom stereocenters. The molecule has 1 aliphatic carbocycles. The highest BCUT2D eigenvalue weighted by Gasteiger charge is 2.56. The average molecular weight is 660 g/mol. The van der Waals surface area contributed by atoms with Crippen LogP contribution in [0.4, 0.5) is 32.2 Å². The Hall–Kier alpha value is -4.17. The van der Waals surface area contributed by atoms with Crippen LogP contribution in [-0.4, -0.2) is 83.9 Å². The maximum absolute atomic E-state index is 16.8. The molecule has 14 heteroatoms. The Labute approximate surface area is 267 Å². The first-order chi connectivity index (χ1) is 23.4. The Balaban J connectivity index is 1.27. The fourth-order valence-electron chi connectivity index (χ4n) is 7.50. The molecule has 3 aliphatic heterocycles. The van der Waals surface area contributed by atoms with Crippen molar-refractivity contribution >= 4 is 27.5 Å². The third kappa shape index (κ3) is 4.95.